The fourth-order valence-corrected chi connectivity index (χ4v) is 2.78. The Morgan fingerprint density at radius 1 is 1.23 bits per heavy atom. The molecule has 0 bridgehead atoms. The molecular formula is C20H21N3O3. The lowest BCUT2D eigenvalue weighted by atomic mass is 10.1. The second-order valence-electron chi connectivity index (χ2n) is 6.32. The Kier molecular flexibility index (Phi) is 5.02. The maximum Gasteiger partial charge on any atom is 0.272 e. The smallest absolute Gasteiger partial charge is 0.272 e. The normalized spacial score (nSPS) is 10.9. The lowest BCUT2D eigenvalue weighted by Crippen LogP contribution is -2.38. The highest BCUT2D eigenvalue weighted by Gasteiger charge is 2.21. The molecule has 0 saturated heterocycles. The molecule has 0 aliphatic heterocycles. The van der Waals surface area contributed by atoms with E-state index in [2.05, 4.69) is 9.97 Å². The average molecular weight is 351 g/mol. The molecule has 0 fully saturated rings. The van der Waals surface area contributed by atoms with Gasteiger partial charge in [-0.3, -0.25) is 14.6 Å². The summed E-state index contributed by atoms with van der Waals surface area (Å²) in [5.74, 6) is 0.506. The largest absolute Gasteiger partial charge is 0.497 e. The fourth-order valence-electron chi connectivity index (χ4n) is 2.78. The molecule has 1 N–H and O–H groups in total. The third-order valence-electron chi connectivity index (χ3n) is 4.24. The van der Waals surface area contributed by atoms with Crippen LogP contribution in [0, 0.1) is 0 Å². The molecule has 0 aliphatic rings. The lowest BCUT2D eigenvalue weighted by molar-refractivity contribution is 0.0683. The standard InChI is InChI=1S/C20H21N3O3/c1-13(2)23(20(25)18-6-4-5-9-21-18)12-15-10-14-11-16(26-3)7-8-17(14)22-19(15)24/h4-11,13H,12H2,1-3H3,(H,22,24). The van der Waals surface area contributed by atoms with Crippen LogP contribution in [0.5, 0.6) is 5.75 Å². The van der Waals surface area contributed by atoms with E-state index in [1.807, 2.05) is 19.9 Å². The van der Waals surface area contributed by atoms with E-state index < -0.39 is 0 Å². The van der Waals surface area contributed by atoms with Gasteiger partial charge in [0, 0.05) is 28.7 Å². The van der Waals surface area contributed by atoms with Crippen molar-refractivity contribution in [1.82, 2.24) is 14.9 Å². The summed E-state index contributed by atoms with van der Waals surface area (Å²) in [6.45, 7) is 4.04. The summed E-state index contributed by atoms with van der Waals surface area (Å²) in [7, 11) is 1.60. The van der Waals surface area contributed by atoms with E-state index >= 15 is 0 Å². The molecule has 0 spiro atoms. The van der Waals surface area contributed by atoms with Crippen LogP contribution in [-0.2, 0) is 6.54 Å². The van der Waals surface area contributed by atoms with Crippen molar-refractivity contribution in [3.05, 3.63) is 70.3 Å². The number of methoxy groups -OCH3 is 1. The van der Waals surface area contributed by atoms with Gasteiger partial charge in [0.05, 0.1) is 13.7 Å². The third-order valence-corrected chi connectivity index (χ3v) is 4.24. The van der Waals surface area contributed by atoms with Crippen LogP contribution in [0.1, 0.15) is 29.9 Å². The van der Waals surface area contributed by atoms with Crippen LogP contribution >= 0.6 is 0 Å². The number of H-pyrrole nitrogens is 1. The Bertz CT molecular complexity index is 981. The zero-order chi connectivity index (χ0) is 18.7. The summed E-state index contributed by atoms with van der Waals surface area (Å²) in [4.78, 5) is 33.9. The molecule has 0 aliphatic carbocycles. The van der Waals surface area contributed by atoms with E-state index in [4.69, 9.17) is 4.74 Å². The van der Waals surface area contributed by atoms with Gasteiger partial charge >= 0.3 is 0 Å². The summed E-state index contributed by atoms with van der Waals surface area (Å²) >= 11 is 0. The Labute approximate surface area is 151 Å². The summed E-state index contributed by atoms with van der Waals surface area (Å²) in [6, 6.07) is 12.4. The number of aromatic amines is 1. The van der Waals surface area contributed by atoms with Gasteiger partial charge in [0.2, 0.25) is 0 Å². The van der Waals surface area contributed by atoms with Crippen molar-refractivity contribution in [2.45, 2.75) is 26.4 Å². The highest BCUT2D eigenvalue weighted by atomic mass is 16.5. The molecule has 26 heavy (non-hydrogen) atoms. The zero-order valence-corrected chi connectivity index (χ0v) is 15.0. The van der Waals surface area contributed by atoms with Crippen molar-refractivity contribution >= 4 is 16.8 Å². The highest BCUT2D eigenvalue weighted by molar-refractivity contribution is 5.92. The molecule has 6 heteroatoms. The second kappa shape index (κ2) is 7.39. The first-order valence-corrected chi connectivity index (χ1v) is 8.41. The maximum absolute atomic E-state index is 12.8. The van der Waals surface area contributed by atoms with Crippen molar-refractivity contribution in [3.63, 3.8) is 0 Å². The SMILES string of the molecule is COc1ccc2[nH]c(=O)c(CN(C(=O)c3ccccn3)C(C)C)cc2c1. The van der Waals surface area contributed by atoms with Crippen molar-refractivity contribution in [2.75, 3.05) is 7.11 Å². The number of hydrogen-bond donors (Lipinski definition) is 1. The van der Waals surface area contributed by atoms with Crippen molar-refractivity contribution in [1.29, 1.82) is 0 Å². The van der Waals surface area contributed by atoms with Crippen LogP contribution in [0.25, 0.3) is 10.9 Å². The van der Waals surface area contributed by atoms with Gasteiger partial charge < -0.3 is 14.6 Å². The zero-order valence-electron chi connectivity index (χ0n) is 15.0. The van der Waals surface area contributed by atoms with Gasteiger partial charge in [0.25, 0.3) is 11.5 Å². The van der Waals surface area contributed by atoms with Crippen LogP contribution in [0.15, 0.2) is 53.5 Å². The minimum absolute atomic E-state index is 0.0788. The number of nitrogens with zero attached hydrogens (tertiary/aromatic N) is 2. The van der Waals surface area contributed by atoms with Gasteiger partial charge in [0.15, 0.2) is 0 Å². The first-order chi connectivity index (χ1) is 12.5. The molecule has 134 valence electrons. The molecule has 2 aromatic heterocycles. The molecule has 2 heterocycles. The van der Waals surface area contributed by atoms with Gasteiger partial charge in [-0.2, -0.15) is 0 Å². The summed E-state index contributed by atoms with van der Waals surface area (Å²) in [5.41, 5.74) is 1.40. The van der Waals surface area contributed by atoms with Gasteiger partial charge in [-0.05, 0) is 50.2 Å². The number of aromatic nitrogens is 2. The number of ether oxygens (including phenoxy) is 1. The third kappa shape index (κ3) is 3.59. The molecular weight excluding hydrogens is 330 g/mol. The molecule has 0 unspecified atom stereocenters. The average Bonchev–Trinajstić information content (AvgIpc) is 2.65. The van der Waals surface area contributed by atoms with Gasteiger partial charge in [-0.25, -0.2) is 0 Å². The molecule has 6 nitrogen and oxygen atoms in total. The molecule has 3 aromatic rings. The molecule has 1 amide bonds. The van der Waals surface area contributed by atoms with Crippen LogP contribution in [0.4, 0.5) is 0 Å². The number of rotatable bonds is 5. The highest BCUT2D eigenvalue weighted by Crippen LogP contribution is 2.20. The molecule has 0 saturated carbocycles. The van der Waals surface area contributed by atoms with Crippen LogP contribution in [0.3, 0.4) is 0 Å². The monoisotopic (exact) mass is 351 g/mol. The number of hydrogen-bond acceptors (Lipinski definition) is 4. The molecule has 0 atom stereocenters. The number of carbonyl (C=O) groups excluding carboxylic acids is 1. The predicted molar refractivity (Wildman–Crippen MR) is 100 cm³/mol. The number of nitrogens with one attached hydrogen (secondary N) is 1. The van der Waals surface area contributed by atoms with E-state index in [0.717, 1.165) is 10.9 Å². The van der Waals surface area contributed by atoms with Crippen LogP contribution < -0.4 is 10.3 Å². The summed E-state index contributed by atoms with van der Waals surface area (Å²) < 4.78 is 5.24. The number of pyridine rings is 2. The minimum Gasteiger partial charge on any atom is -0.497 e. The van der Waals surface area contributed by atoms with E-state index in [1.54, 1.807) is 54.6 Å². The number of benzene rings is 1. The number of amides is 1. The van der Waals surface area contributed by atoms with Gasteiger partial charge in [-0.1, -0.05) is 6.07 Å². The molecule has 0 radical (unpaired) electrons. The Morgan fingerprint density at radius 2 is 2.04 bits per heavy atom. The number of fused-ring (bicyclic) bond motifs is 1. The summed E-state index contributed by atoms with van der Waals surface area (Å²) in [6.07, 6.45) is 1.58. The Morgan fingerprint density at radius 3 is 2.69 bits per heavy atom. The van der Waals surface area contributed by atoms with Crippen molar-refractivity contribution in [2.24, 2.45) is 0 Å². The number of carbonyl (C=O) groups is 1. The Balaban J connectivity index is 1.97. The van der Waals surface area contributed by atoms with E-state index in [-0.39, 0.29) is 24.1 Å². The lowest BCUT2D eigenvalue weighted by Gasteiger charge is -2.26. The Hall–Kier alpha value is -3.15. The van der Waals surface area contributed by atoms with Crippen molar-refractivity contribution < 1.29 is 9.53 Å². The second-order valence-corrected chi connectivity index (χ2v) is 6.32. The van der Waals surface area contributed by atoms with E-state index in [1.165, 1.54) is 0 Å². The first kappa shape index (κ1) is 17.7. The van der Waals surface area contributed by atoms with Crippen LogP contribution in [-0.4, -0.2) is 33.9 Å². The fraction of sp³-hybridized carbons (Fsp3) is 0.250. The maximum atomic E-state index is 12.8. The quantitative estimate of drug-likeness (QED) is 0.767. The van der Waals surface area contributed by atoms with E-state index in [9.17, 15) is 9.59 Å². The minimum atomic E-state index is -0.206. The van der Waals surface area contributed by atoms with Crippen LogP contribution in [0.2, 0.25) is 0 Å². The molecule has 3 rings (SSSR count). The predicted octanol–water partition coefficient (Wildman–Crippen LogP) is 2.98. The van der Waals surface area contributed by atoms with Gasteiger partial charge in [0.1, 0.15) is 11.4 Å². The van der Waals surface area contributed by atoms with E-state index in [0.29, 0.717) is 17.0 Å². The topological polar surface area (TPSA) is 75.3 Å². The first-order valence-electron chi connectivity index (χ1n) is 8.41. The summed E-state index contributed by atoms with van der Waals surface area (Å²) in [5, 5.41) is 0.855. The van der Waals surface area contributed by atoms with Crippen molar-refractivity contribution in [3.8, 4) is 5.75 Å². The van der Waals surface area contributed by atoms with Gasteiger partial charge in [-0.15, -0.1) is 0 Å². The molecule has 1 aromatic carbocycles.